The van der Waals surface area contributed by atoms with Crippen molar-refractivity contribution >= 4 is 22.0 Å². The predicted molar refractivity (Wildman–Crippen MR) is 76.0 cm³/mol. The second kappa shape index (κ2) is 6.14. The molecule has 0 bridgehead atoms. The lowest BCUT2D eigenvalue weighted by atomic mass is 10.1. The molecule has 1 heterocycles. The number of alkyl halides is 1. The lowest BCUT2D eigenvalue weighted by molar-refractivity contribution is 0.165. The quantitative estimate of drug-likeness (QED) is 0.794. The van der Waals surface area contributed by atoms with Gasteiger partial charge in [0.25, 0.3) is 0 Å². The topological polar surface area (TPSA) is 27.7 Å². The van der Waals surface area contributed by atoms with Gasteiger partial charge in [0.05, 0.1) is 7.11 Å². The molecule has 2 rings (SSSR count). The van der Waals surface area contributed by atoms with Crippen molar-refractivity contribution in [1.82, 2.24) is 0 Å². The van der Waals surface area contributed by atoms with Crippen LogP contribution in [0.4, 0.5) is 0 Å². The van der Waals surface area contributed by atoms with Gasteiger partial charge in [-0.2, -0.15) is 0 Å². The summed E-state index contributed by atoms with van der Waals surface area (Å²) in [5, 5.41) is 0.875. The number of allylic oxidation sites excluding steroid dienone is 1. The fourth-order valence-electron chi connectivity index (χ4n) is 1.85. The molecular weight excluding hydrogens is 296 g/mol. The normalized spacial score (nSPS) is 14.5. The van der Waals surface area contributed by atoms with E-state index in [1.54, 1.807) is 7.11 Å². The van der Waals surface area contributed by atoms with Crippen molar-refractivity contribution in [3.63, 3.8) is 0 Å². The first-order valence-electron chi connectivity index (χ1n) is 6.01. The van der Waals surface area contributed by atoms with Crippen molar-refractivity contribution in [3.8, 4) is 17.2 Å². The molecule has 1 aromatic rings. The lowest BCUT2D eigenvalue weighted by Crippen LogP contribution is -2.16. The molecule has 0 saturated carbocycles. The second-order valence-corrected chi connectivity index (χ2v) is 4.60. The highest BCUT2D eigenvalue weighted by molar-refractivity contribution is 9.09. The standard InChI is InChI=1S/C14H17BrO3/c1-3-10(9-15)6-11-7-12(16-2)14-13(8-11)17-4-5-18-14/h6-8H,3-5,9H2,1-2H3. The van der Waals surface area contributed by atoms with E-state index in [4.69, 9.17) is 14.2 Å². The molecule has 98 valence electrons. The first kappa shape index (κ1) is 13.3. The first-order valence-corrected chi connectivity index (χ1v) is 7.13. The molecule has 0 radical (unpaired) electrons. The summed E-state index contributed by atoms with van der Waals surface area (Å²) in [5.74, 6) is 2.19. The molecule has 1 aliphatic heterocycles. The maximum atomic E-state index is 5.61. The van der Waals surface area contributed by atoms with E-state index >= 15 is 0 Å². The van der Waals surface area contributed by atoms with Crippen LogP contribution in [0, 0.1) is 0 Å². The van der Waals surface area contributed by atoms with Crippen LogP contribution in [0.1, 0.15) is 18.9 Å². The van der Waals surface area contributed by atoms with E-state index in [1.165, 1.54) is 5.57 Å². The minimum Gasteiger partial charge on any atom is -0.493 e. The molecule has 0 atom stereocenters. The van der Waals surface area contributed by atoms with E-state index in [2.05, 4.69) is 28.9 Å². The van der Waals surface area contributed by atoms with E-state index in [-0.39, 0.29) is 0 Å². The zero-order valence-electron chi connectivity index (χ0n) is 10.7. The van der Waals surface area contributed by atoms with E-state index in [9.17, 15) is 0 Å². The van der Waals surface area contributed by atoms with Gasteiger partial charge < -0.3 is 14.2 Å². The Bertz CT molecular complexity index is 431. The van der Waals surface area contributed by atoms with Crippen molar-refractivity contribution in [2.75, 3.05) is 25.7 Å². The smallest absolute Gasteiger partial charge is 0.203 e. The molecule has 0 fully saturated rings. The van der Waals surface area contributed by atoms with Gasteiger partial charge in [-0.05, 0) is 24.1 Å². The molecule has 0 aliphatic carbocycles. The van der Waals surface area contributed by atoms with Crippen molar-refractivity contribution < 1.29 is 14.2 Å². The Morgan fingerprint density at radius 1 is 1.39 bits per heavy atom. The van der Waals surface area contributed by atoms with Crippen LogP contribution in [0.3, 0.4) is 0 Å². The molecule has 4 heteroatoms. The third-order valence-electron chi connectivity index (χ3n) is 2.85. The number of methoxy groups -OCH3 is 1. The molecule has 0 N–H and O–H groups in total. The number of hydrogen-bond donors (Lipinski definition) is 0. The van der Waals surface area contributed by atoms with Crippen molar-refractivity contribution in [1.29, 1.82) is 0 Å². The SMILES string of the molecule is CCC(=Cc1cc(OC)c2c(c1)OCCO2)CBr. The number of hydrogen-bond acceptors (Lipinski definition) is 3. The molecule has 0 unspecified atom stereocenters. The number of benzene rings is 1. The molecular formula is C14H17BrO3. The Kier molecular flexibility index (Phi) is 4.53. The number of fused-ring (bicyclic) bond motifs is 1. The summed E-state index contributed by atoms with van der Waals surface area (Å²) in [5.41, 5.74) is 2.40. The Morgan fingerprint density at radius 3 is 2.83 bits per heavy atom. The zero-order valence-corrected chi connectivity index (χ0v) is 12.2. The second-order valence-electron chi connectivity index (χ2n) is 4.04. The van der Waals surface area contributed by atoms with Gasteiger partial charge in [0, 0.05) is 5.33 Å². The van der Waals surface area contributed by atoms with Gasteiger partial charge in [-0.1, -0.05) is 34.5 Å². The van der Waals surface area contributed by atoms with Crippen molar-refractivity contribution in [3.05, 3.63) is 23.3 Å². The Hall–Kier alpha value is -1.16. The van der Waals surface area contributed by atoms with E-state index in [1.807, 2.05) is 12.1 Å². The average Bonchev–Trinajstić information content (AvgIpc) is 2.43. The Balaban J connectivity index is 2.41. The van der Waals surface area contributed by atoms with Crippen molar-refractivity contribution in [2.24, 2.45) is 0 Å². The minimum atomic E-state index is 0.570. The van der Waals surface area contributed by atoms with Crippen LogP contribution >= 0.6 is 15.9 Å². The first-order chi connectivity index (χ1) is 8.78. The third-order valence-corrected chi connectivity index (χ3v) is 3.57. The highest BCUT2D eigenvalue weighted by Crippen LogP contribution is 2.40. The molecule has 0 saturated heterocycles. The van der Waals surface area contributed by atoms with E-state index < -0.39 is 0 Å². The molecule has 0 amide bonds. The zero-order chi connectivity index (χ0) is 13.0. The number of halogens is 1. The van der Waals surface area contributed by atoms with Gasteiger partial charge in [0.15, 0.2) is 11.5 Å². The average molecular weight is 313 g/mol. The lowest BCUT2D eigenvalue weighted by Gasteiger charge is -2.21. The molecule has 0 aromatic heterocycles. The molecule has 3 nitrogen and oxygen atoms in total. The summed E-state index contributed by atoms with van der Waals surface area (Å²) >= 11 is 3.49. The Morgan fingerprint density at radius 2 is 2.17 bits per heavy atom. The summed E-state index contributed by atoms with van der Waals surface area (Å²) in [6.45, 7) is 3.30. The number of rotatable bonds is 4. The van der Waals surface area contributed by atoms with Crippen LogP contribution < -0.4 is 14.2 Å². The van der Waals surface area contributed by atoms with Crippen LogP contribution in [-0.2, 0) is 0 Å². The van der Waals surface area contributed by atoms with E-state index in [0.717, 1.165) is 28.8 Å². The van der Waals surface area contributed by atoms with Crippen LogP contribution in [0.5, 0.6) is 17.2 Å². The highest BCUT2D eigenvalue weighted by Gasteiger charge is 2.17. The van der Waals surface area contributed by atoms with Crippen LogP contribution in [-0.4, -0.2) is 25.7 Å². The van der Waals surface area contributed by atoms with Gasteiger partial charge in [0.1, 0.15) is 13.2 Å². The Labute approximate surface area is 116 Å². The van der Waals surface area contributed by atoms with E-state index in [0.29, 0.717) is 19.0 Å². The van der Waals surface area contributed by atoms with Gasteiger partial charge in [0.2, 0.25) is 5.75 Å². The third kappa shape index (κ3) is 2.80. The summed E-state index contributed by atoms with van der Waals surface area (Å²) in [6.07, 6.45) is 3.16. The predicted octanol–water partition coefficient (Wildman–Crippen LogP) is 3.65. The largest absolute Gasteiger partial charge is 0.493 e. The van der Waals surface area contributed by atoms with Gasteiger partial charge in [-0.3, -0.25) is 0 Å². The van der Waals surface area contributed by atoms with Gasteiger partial charge >= 0.3 is 0 Å². The van der Waals surface area contributed by atoms with Crippen LogP contribution in [0.25, 0.3) is 6.08 Å². The molecule has 1 aromatic carbocycles. The summed E-state index contributed by atoms with van der Waals surface area (Å²) in [7, 11) is 1.65. The minimum absolute atomic E-state index is 0.570. The van der Waals surface area contributed by atoms with Gasteiger partial charge in [-0.15, -0.1) is 0 Å². The fraction of sp³-hybridized carbons (Fsp3) is 0.429. The van der Waals surface area contributed by atoms with Gasteiger partial charge in [-0.25, -0.2) is 0 Å². The maximum Gasteiger partial charge on any atom is 0.203 e. The molecule has 0 spiro atoms. The molecule has 18 heavy (non-hydrogen) atoms. The monoisotopic (exact) mass is 312 g/mol. The van der Waals surface area contributed by atoms with Crippen molar-refractivity contribution in [2.45, 2.75) is 13.3 Å². The highest BCUT2D eigenvalue weighted by atomic mass is 79.9. The van der Waals surface area contributed by atoms with Crippen LogP contribution in [0.2, 0.25) is 0 Å². The fourth-order valence-corrected chi connectivity index (χ4v) is 2.41. The summed E-state index contributed by atoms with van der Waals surface area (Å²) in [4.78, 5) is 0. The number of ether oxygens (including phenoxy) is 3. The summed E-state index contributed by atoms with van der Waals surface area (Å²) < 4.78 is 16.5. The molecule has 1 aliphatic rings. The summed E-state index contributed by atoms with van der Waals surface area (Å²) in [6, 6.07) is 3.97. The van der Waals surface area contributed by atoms with Crippen LogP contribution in [0.15, 0.2) is 17.7 Å². The maximum absolute atomic E-state index is 5.61.